The monoisotopic (exact) mass is 233 g/mol. The van der Waals surface area contributed by atoms with Crippen molar-refractivity contribution in [3.05, 3.63) is 34.9 Å². The van der Waals surface area contributed by atoms with E-state index in [1.165, 1.54) is 11.1 Å². The predicted molar refractivity (Wildman–Crippen MR) is 66.2 cm³/mol. The summed E-state index contributed by atoms with van der Waals surface area (Å²) in [6, 6.07) is 6.03. The number of carbonyl (C=O) groups excluding carboxylic acids is 1. The molecule has 0 saturated carbocycles. The Bertz CT molecular complexity index is 428. The zero-order valence-corrected chi connectivity index (χ0v) is 10.4. The van der Waals surface area contributed by atoms with Crippen molar-refractivity contribution in [1.29, 1.82) is 0 Å². The van der Waals surface area contributed by atoms with Crippen molar-refractivity contribution in [2.24, 2.45) is 0 Å². The molecule has 1 atom stereocenters. The summed E-state index contributed by atoms with van der Waals surface area (Å²) in [4.78, 5) is 13.5. The zero-order valence-electron chi connectivity index (χ0n) is 10.4. The lowest BCUT2D eigenvalue weighted by atomic mass is 10.0. The van der Waals surface area contributed by atoms with Gasteiger partial charge in [0.1, 0.15) is 0 Å². The van der Waals surface area contributed by atoms with Crippen molar-refractivity contribution < 1.29 is 9.90 Å². The molecule has 0 spiro atoms. The van der Waals surface area contributed by atoms with Crippen molar-refractivity contribution in [3.63, 3.8) is 0 Å². The highest BCUT2D eigenvalue weighted by atomic mass is 16.3. The Kier molecular flexibility index (Phi) is 3.48. The standard InChI is InChI=1S/C14H19NO2/c1-3-13(16)10-5-6-11-8-15(14(17)4-2)9-12(11)7-10/h5-7,13,16H,3-4,8-9H2,1-2H3. The lowest BCUT2D eigenvalue weighted by molar-refractivity contribution is -0.131. The summed E-state index contributed by atoms with van der Waals surface area (Å²) in [5.74, 6) is 0.193. The van der Waals surface area contributed by atoms with Gasteiger partial charge in [0.2, 0.25) is 5.91 Å². The second kappa shape index (κ2) is 4.88. The second-order valence-electron chi connectivity index (χ2n) is 4.56. The molecule has 1 aromatic rings. The summed E-state index contributed by atoms with van der Waals surface area (Å²) >= 11 is 0. The Hall–Kier alpha value is -1.35. The van der Waals surface area contributed by atoms with E-state index in [-0.39, 0.29) is 5.91 Å². The molecule has 1 unspecified atom stereocenters. The van der Waals surface area contributed by atoms with Crippen LogP contribution in [0.15, 0.2) is 18.2 Å². The summed E-state index contributed by atoms with van der Waals surface area (Å²) < 4.78 is 0. The molecule has 0 aliphatic carbocycles. The number of aliphatic hydroxyl groups is 1. The highest BCUT2D eigenvalue weighted by Gasteiger charge is 2.22. The molecule has 0 saturated heterocycles. The molecule has 2 rings (SSSR count). The molecule has 3 heteroatoms. The minimum Gasteiger partial charge on any atom is -0.388 e. The number of amides is 1. The molecule has 0 fully saturated rings. The molecule has 0 bridgehead atoms. The van der Waals surface area contributed by atoms with E-state index in [0.29, 0.717) is 19.5 Å². The maximum Gasteiger partial charge on any atom is 0.222 e. The second-order valence-corrected chi connectivity index (χ2v) is 4.56. The highest BCUT2D eigenvalue weighted by molar-refractivity contribution is 5.76. The average Bonchev–Trinajstić information content (AvgIpc) is 2.79. The van der Waals surface area contributed by atoms with Crippen LogP contribution in [-0.2, 0) is 17.9 Å². The molecule has 0 aromatic heterocycles. The van der Waals surface area contributed by atoms with Crippen LogP contribution in [0.2, 0.25) is 0 Å². The quantitative estimate of drug-likeness (QED) is 0.870. The first-order chi connectivity index (χ1) is 8.15. The summed E-state index contributed by atoms with van der Waals surface area (Å²) in [6.45, 7) is 5.25. The molecule has 3 nitrogen and oxygen atoms in total. The van der Waals surface area contributed by atoms with Gasteiger partial charge in [-0.3, -0.25) is 4.79 Å². The van der Waals surface area contributed by atoms with Gasteiger partial charge in [-0.2, -0.15) is 0 Å². The summed E-state index contributed by atoms with van der Waals surface area (Å²) in [5.41, 5.74) is 3.34. The van der Waals surface area contributed by atoms with Crippen LogP contribution in [0.3, 0.4) is 0 Å². The van der Waals surface area contributed by atoms with E-state index in [2.05, 4.69) is 0 Å². The van der Waals surface area contributed by atoms with E-state index in [1.54, 1.807) is 0 Å². The van der Waals surface area contributed by atoms with Gasteiger partial charge in [0.05, 0.1) is 6.10 Å². The number of benzene rings is 1. The van der Waals surface area contributed by atoms with Crippen LogP contribution in [0.4, 0.5) is 0 Å². The molecule has 1 N–H and O–H groups in total. The first-order valence-corrected chi connectivity index (χ1v) is 6.23. The third-order valence-electron chi connectivity index (χ3n) is 3.38. The van der Waals surface area contributed by atoms with Gasteiger partial charge < -0.3 is 10.0 Å². The first kappa shape index (κ1) is 12.1. The summed E-state index contributed by atoms with van der Waals surface area (Å²) in [6.07, 6.45) is 0.880. The normalized spacial score (nSPS) is 15.8. The molecule has 1 aliphatic rings. The van der Waals surface area contributed by atoms with Crippen LogP contribution in [0.5, 0.6) is 0 Å². The Morgan fingerprint density at radius 3 is 2.71 bits per heavy atom. The average molecular weight is 233 g/mol. The van der Waals surface area contributed by atoms with Gasteiger partial charge in [0.15, 0.2) is 0 Å². The van der Waals surface area contributed by atoms with Crippen molar-refractivity contribution >= 4 is 5.91 Å². The largest absolute Gasteiger partial charge is 0.388 e. The van der Waals surface area contributed by atoms with Crippen molar-refractivity contribution in [3.8, 4) is 0 Å². The molecule has 17 heavy (non-hydrogen) atoms. The van der Waals surface area contributed by atoms with Gasteiger partial charge in [-0.25, -0.2) is 0 Å². The van der Waals surface area contributed by atoms with Crippen LogP contribution in [0.25, 0.3) is 0 Å². The fourth-order valence-electron chi connectivity index (χ4n) is 2.26. The fraction of sp³-hybridized carbons (Fsp3) is 0.500. The first-order valence-electron chi connectivity index (χ1n) is 6.23. The molecule has 92 valence electrons. The molecule has 1 amide bonds. The van der Waals surface area contributed by atoms with Crippen LogP contribution in [-0.4, -0.2) is 15.9 Å². The molecular formula is C14H19NO2. The molecule has 1 heterocycles. The van der Waals surface area contributed by atoms with Crippen molar-refractivity contribution in [2.45, 2.75) is 45.9 Å². The van der Waals surface area contributed by atoms with E-state index in [4.69, 9.17) is 0 Å². The van der Waals surface area contributed by atoms with E-state index < -0.39 is 6.10 Å². The van der Waals surface area contributed by atoms with Gasteiger partial charge in [-0.15, -0.1) is 0 Å². The molecule has 1 aromatic carbocycles. The van der Waals surface area contributed by atoms with Crippen LogP contribution < -0.4 is 0 Å². The summed E-state index contributed by atoms with van der Waals surface area (Å²) in [7, 11) is 0. The highest BCUT2D eigenvalue weighted by Crippen LogP contribution is 2.27. The van der Waals surface area contributed by atoms with E-state index in [9.17, 15) is 9.90 Å². The Labute approximate surface area is 102 Å². The molecule has 0 radical (unpaired) electrons. The topological polar surface area (TPSA) is 40.5 Å². The Morgan fingerprint density at radius 1 is 1.35 bits per heavy atom. The zero-order chi connectivity index (χ0) is 12.4. The minimum absolute atomic E-state index is 0.193. The summed E-state index contributed by atoms with van der Waals surface area (Å²) in [5, 5.41) is 9.80. The third-order valence-corrected chi connectivity index (χ3v) is 3.38. The van der Waals surface area contributed by atoms with E-state index in [0.717, 1.165) is 12.0 Å². The van der Waals surface area contributed by atoms with E-state index >= 15 is 0 Å². The SMILES string of the molecule is CCC(=O)N1Cc2ccc(C(O)CC)cc2C1. The van der Waals surface area contributed by atoms with Crippen molar-refractivity contribution in [1.82, 2.24) is 4.90 Å². The number of hydrogen-bond donors (Lipinski definition) is 1. The van der Waals surface area contributed by atoms with Gasteiger partial charge in [0.25, 0.3) is 0 Å². The number of fused-ring (bicyclic) bond motifs is 1. The smallest absolute Gasteiger partial charge is 0.222 e. The lowest BCUT2D eigenvalue weighted by Crippen LogP contribution is -2.23. The lowest BCUT2D eigenvalue weighted by Gasteiger charge is -2.13. The van der Waals surface area contributed by atoms with Gasteiger partial charge in [-0.05, 0) is 23.1 Å². The number of hydrogen-bond acceptors (Lipinski definition) is 2. The minimum atomic E-state index is -0.392. The maximum atomic E-state index is 11.6. The maximum absolute atomic E-state index is 11.6. The number of nitrogens with zero attached hydrogens (tertiary/aromatic N) is 1. The fourth-order valence-corrected chi connectivity index (χ4v) is 2.26. The predicted octanol–water partition coefficient (Wildman–Crippen LogP) is 2.38. The van der Waals surface area contributed by atoms with Gasteiger partial charge in [-0.1, -0.05) is 32.0 Å². The van der Waals surface area contributed by atoms with E-state index in [1.807, 2.05) is 36.9 Å². The molecular weight excluding hydrogens is 214 g/mol. The number of carbonyl (C=O) groups is 1. The Balaban J connectivity index is 2.19. The van der Waals surface area contributed by atoms with Gasteiger partial charge >= 0.3 is 0 Å². The van der Waals surface area contributed by atoms with Crippen LogP contribution in [0.1, 0.15) is 49.5 Å². The number of aliphatic hydroxyl groups excluding tert-OH is 1. The van der Waals surface area contributed by atoms with Crippen LogP contribution in [0, 0.1) is 0 Å². The van der Waals surface area contributed by atoms with Crippen molar-refractivity contribution in [2.75, 3.05) is 0 Å². The van der Waals surface area contributed by atoms with Crippen LogP contribution >= 0.6 is 0 Å². The third kappa shape index (κ3) is 2.34. The van der Waals surface area contributed by atoms with Gasteiger partial charge in [0, 0.05) is 19.5 Å². The molecule has 1 aliphatic heterocycles. The Morgan fingerprint density at radius 2 is 2.06 bits per heavy atom. The number of rotatable bonds is 3.